The second-order valence-corrected chi connectivity index (χ2v) is 6.77. The Labute approximate surface area is 127 Å². The summed E-state index contributed by atoms with van der Waals surface area (Å²) in [6.07, 6.45) is 3.85. The second kappa shape index (κ2) is 6.58. The van der Waals surface area contributed by atoms with E-state index in [1.165, 1.54) is 12.1 Å². The average molecular weight is 334 g/mol. The minimum atomic E-state index is -3.49. The number of hydrogen-bond acceptors (Lipinski definition) is 3. The molecule has 0 spiro atoms. The van der Waals surface area contributed by atoms with E-state index in [-0.39, 0.29) is 4.90 Å². The van der Waals surface area contributed by atoms with Gasteiger partial charge in [0, 0.05) is 24.3 Å². The van der Waals surface area contributed by atoms with Crippen LogP contribution in [0.15, 0.2) is 41.6 Å². The Balaban J connectivity index is 1.85. The van der Waals surface area contributed by atoms with Crippen molar-refractivity contribution in [3.8, 4) is 0 Å². The molecule has 0 saturated heterocycles. The number of aryl methyl sites for hydroxylation is 1. The molecule has 108 valence electrons. The Morgan fingerprint density at radius 3 is 2.45 bits per heavy atom. The fraction of sp³-hybridized carbons (Fsp3) is 0.250. The highest BCUT2D eigenvalue weighted by atomic mass is 35.5. The minimum Gasteiger partial charge on any atom is -0.271 e. The van der Waals surface area contributed by atoms with E-state index >= 15 is 0 Å². The third-order valence-corrected chi connectivity index (χ3v) is 4.51. The molecule has 5 nitrogen and oxygen atoms in total. The summed E-state index contributed by atoms with van der Waals surface area (Å²) in [6.45, 7) is 0.915. The molecule has 0 radical (unpaired) electrons. The van der Waals surface area contributed by atoms with Gasteiger partial charge in [-0.3, -0.25) is 4.68 Å². The first-order valence-electron chi connectivity index (χ1n) is 5.90. The number of rotatable bonds is 6. The van der Waals surface area contributed by atoms with Crippen molar-refractivity contribution in [2.75, 3.05) is 6.54 Å². The van der Waals surface area contributed by atoms with Gasteiger partial charge in [0.1, 0.15) is 0 Å². The Morgan fingerprint density at radius 2 is 1.85 bits per heavy atom. The number of halogens is 2. The third-order valence-electron chi connectivity index (χ3n) is 2.58. The fourth-order valence-electron chi connectivity index (χ4n) is 1.61. The van der Waals surface area contributed by atoms with Gasteiger partial charge in [0.2, 0.25) is 10.0 Å². The first-order valence-corrected chi connectivity index (χ1v) is 8.14. The molecule has 0 aliphatic rings. The van der Waals surface area contributed by atoms with Crippen LogP contribution in [-0.2, 0) is 16.6 Å². The summed E-state index contributed by atoms with van der Waals surface area (Å²) in [6, 6.07) is 6.03. The molecule has 2 rings (SSSR count). The molecule has 20 heavy (non-hydrogen) atoms. The predicted molar refractivity (Wildman–Crippen MR) is 78.5 cm³/mol. The van der Waals surface area contributed by atoms with Crippen LogP contribution in [0.3, 0.4) is 0 Å². The van der Waals surface area contributed by atoms with E-state index in [4.69, 9.17) is 23.2 Å². The van der Waals surface area contributed by atoms with Crippen LogP contribution < -0.4 is 4.72 Å². The maximum Gasteiger partial charge on any atom is 0.240 e. The summed E-state index contributed by atoms with van der Waals surface area (Å²) in [4.78, 5) is 0.198. The summed E-state index contributed by atoms with van der Waals surface area (Å²) in [5.41, 5.74) is 0. The van der Waals surface area contributed by atoms with Gasteiger partial charge in [-0.05, 0) is 30.7 Å². The topological polar surface area (TPSA) is 64.0 Å². The molecule has 1 aromatic heterocycles. The Hall–Kier alpha value is -1.08. The molecule has 8 heteroatoms. The molecule has 1 aromatic carbocycles. The van der Waals surface area contributed by atoms with E-state index in [1.807, 2.05) is 0 Å². The Kier molecular flexibility index (Phi) is 5.04. The zero-order valence-corrected chi connectivity index (χ0v) is 12.8. The van der Waals surface area contributed by atoms with Crippen LogP contribution in [0.25, 0.3) is 0 Å². The predicted octanol–water partition coefficient (Wildman–Crippen LogP) is 2.56. The Morgan fingerprint density at radius 1 is 1.15 bits per heavy atom. The van der Waals surface area contributed by atoms with Crippen LogP contribution >= 0.6 is 23.2 Å². The maximum atomic E-state index is 12.0. The van der Waals surface area contributed by atoms with Gasteiger partial charge in [0.15, 0.2) is 0 Å². The molecule has 0 saturated carbocycles. The van der Waals surface area contributed by atoms with E-state index < -0.39 is 10.0 Å². The van der Waals surface area contributed by atoms with Crippen LogP contribution in [0.4, 0.5) is 0 Å². The van der Waals surface area contributed by atoms with Gasteiger partial charge in [-0.1, -0.05) is 23.2 Å². The van der Waals surface area contributed by atoms with Crippen molar-refractivity contribution < 1.29 is 8.42 Å². The van der Waals surface area contributed by atoms with Gasteiger partial charge >= 0.3 is 0 Å². The fourth-order valence-corrected chi connectivity index (χ4v) is 2.96. The number of benzene rings is 1. The highest BCUT2D eigenvalue weighted by Crippen LogP contribution is 2.13. The summed E-state index contributed by atoms with van der Waals surface area (Å²) in [5.74, 6) is 0. The van der Waals surface area contributed by atoms with Gasteiger partial charge in [0.25, 0.3) is 0 Å². The van der Waals surface area contributed by atoms with Crippen LogP contribution in [0.2, 0.25) is 10.0 Å². The first-order chi connectivity index (χ1) is 9.47. The largest absolute Gasteiger partial charge is 0.271 e. The molecule has 0 bridgehead atoms. The molecule has 0 fully saturated rings. The van der Waals surface area contributed by atoms with Crippen molar-refractivity contribution in [3.63, 3.8) is 0 Å². The minimum absolute atomic E-state index is 0.198. The van der Waals surface area contributed by atoms with E-state index in [0.717, 1.165) is 0 Å². The van der Waals surface area contributed by atoms with Crippen molar-refractivity contribution in [3.05, 3.63) is 46.7 Å². The molecule has 1 heterocycles. The normalized spacial score (nSPS) is 11.7. The van der Waals surface area contributed by atoms with Crippen LogP contribution in [0, 0.1) is 0 Å². The van der Waals surface area contributed by atoms with Crippen molar-refractivity contribution in [2.24, 2.45) is 0 Å². The van der Waals surface area contributed by atoms with Gasteiger partial charge in [0.05, 0.1) is 16.1 Å². The lowest BCUT2D eigenvalue weighted by atomic mass is 10.4. The molecule has 2 aromatic rings. The highest BCUT2D eigenvalue weighted by Gasteiger charge is 2.12. The van der Waals surface area contributed by atoms with E-state index in [9.17, 15) is 8.42 Å². The van der Waals surface area contributed by atoms with E-state index in [1.54, 1.807) is 29.2 Å². The van der Waals surface area contributed by atoms with E-state index in [0.29, 0.717) is 29.6 Å². The standard InChI is InChI=1S/C12H13Cl2N3O2S/c13-10-2-4-12(5-3-10)20(18,19)16-6-1-7-17-9-11(14)8-15-17/h2-5,8-9,16H,1,6-7H2. The lowest BCUT2D eigenvalue weighted by Gasteiger charge is -2.07. The maximum absolute atomic E-state index is 12.0. The summed E-state index contributed by atoms with van der Waals surface area (Å²) >= 11 is 11.5. The van der Waals surface area contributed by atoms with Gasteiger partial charge in [-0.15, -0.1) is 0 Å². The quantitative estimate of drug-likeness (QED) is 0.826. The van der Waals surface area contributed by atoms with Crippen molar-refractivity contribution in [1.29, 1.82) is 0 Å². The number of nitrogens with zero attached hydrogens (tertiary/aromatic N) is 2. The van der Waals surface area contributed by atoms with Crippen LogP contribution in [0.1, 0.15) is 6.42 Å². The molecule has 0 aliphatic heterocycles. The second-order valence-electron chi connectivity index (χ2n) is 4.13. The third kappa shape index (κ3) is 4.21. The lowest BCUT2D eigenvalue weighted by molar-refractivity contribution is 0.553. The SMILES string of the molecule is O=S(=O)(NCCCn1cc(Cl)cn1)c1ccc(Cl)cc1. The van der Waals surface area contributed by atoms with Crippen LogP contribution in [-0.4, -0.2) is 24.7 Å². The molecular formula is C12H13Cl2N3O2S. The van der Waals surface area contributed by atoms with Crippen molar-refractivity contribution in [1.82, 2.24) is 14.5 Å². The highest BCUT2D eigenvalue weighted by molar-refractivity contribution is 7.89. The molecule has 0 amide bonds. The monoisotopic (exact) mass is 333 g/mol. The summed E-state index contributed by atoms with van der Waals surface area (Å²) < 4.78 is 28.1. The molecule has 0 aliphatic carbocycles. The van der Waals surface area contributed by atoms with Crippen molar-refractivity contribution in [2.45, 2.75) is 17.9 Å². The zero-order valence-electron chi connectivity index (χ0n) is 10.5. The number of hydrogen-bond donors (Lipinski definition) is 1. The van der Waals surface area contributed by atoms with Crippen LogP contribution in [0.5, 0.6) is 0 Å². The van der Waals surface area contributed by atoms with Gasteiger partial charge < -0.3 is 0 Å². The van der Waals surface area contributed by atoms with Gasteiger partial charge in [-0.25, -0.2) is 13.1 Å². The van der Waals surface area contributed by atoms with Gasteiger partial charge in [-0.2, -0.15) is 5.10 Å². The summed E-state index contributed by atoms with van der Waals surface area (Å²) in [5, 5.41) is 5.07. The smallest absolute Gasteiger partial charge is 0.240 e. The molecule has 0 atom stereocenters. The lowest BCUT2D eigenvalue weighted by Crippen LogP contribution is -2.25. The summed E-state index contributed by atoms with van der Waals surface area (Å²) in [7, 11) is -3.49. The Bertz CT molecular complexity index is 668. The van der Waals surface area contributed by atoms with E-state index in [2.05, 4.69) is 9.82 Å². The van der Waals surface area contributed by atoms with Crippen molar-refractivity contribution >= 4 is 33.2 Å². The average Bonchev–Trinajstić information content (AvgIpc) is 2.81. The molecular weight excluding hydrogens is 321 g/mol. The first kappa shape index (κ1) is 15.3. The number of nitrogens with one attached hydrogen (secondary N) is 1. The zero-order chi connectivity index (χ0) is 14.6. The number of sulfonamides is 1. The molecule has 1 N–H and O–H groups in total. The number of aromatic nitrogens is 2. The molecule has 0 unspecified atom stereocenters.